The Morgan fingerprint density at radius 2 is 1.29 bits per heavy atom. The first kappa shape index (κ1) is 48.3. The van der Waals surface area contributed by atoms with E-state index in [2.05, 4.69) is 37.8 Å². The summed E-state index contributed by atoms with van der Waals surface area (Å²) < 4.78 is 18.1. The topological polar surface area (TPSA) is 133 Å². The average Bonchev–Trinajstić information content (AvgIpc) is 3.13. The van der Waals surface area contributed by atoms with E-state index in [0.29, 0.717) is 28.6 Å². The van der Waals surface area contributed by atoms with Gasteiger partial charge in [-0.25, -0.2) is 5.01 Å². The molecule has 0 bridgehead atoms. The Balaban J connectivity index is 0. The van der Waals surface area contributed by atoms with E-state index in [1.54, 1.807) is 33.2 Å². The van der Waals surface area contributed by atoms with E-state index in [1.807, 2.05) is 130 Å². The number of rotatable bonds is 10. The average molecular weight is 698 g/mol. The van der Waals surface area contributed by atoms with Crippen LogP contribution in [-0.4, -0.2) is 72.8 Å². The zero-order valence-corrected chi connectivity index (χ0v) is 33.1. The van der Waals surface area contributed by atoms with Gasteiger partial charge in [-0.3, -0.25) is 20.1 Å². The summed E-state index contributed by atoms with van der Waals surface area (Å²) >= 11 is 0. The maximum Gasteiger partial charge on any atom is 0.293 e. The van der Waals surface area contributed by atoms with E-state index in [0.717, 1.165) is 27.2 Å². The highest BCUT2D eigenvalue weighted by Crippen LogP contribution is 2.40. The number of anilines is 1. The number of hydrazine groups is 1. The Morgan fingerprint density at radius 3 is 1.71 bits per heavy atom. The standard InChI is InChI=1S/C15H17BN4O2.C14H16BN5O.4C2H6/c1-10(21-4)22-15-13-7-6-12(17-19-16)9-11(13)5-8-14(15)18-20(2)3;1-9(16)21-14-12-6-5-11(17-19-15)8-10(12)4-7-13(14)18-20(2)3;4*1-2/h5-10H,2H2,1,3-4H3;4-8,16,18H,1-3H3;4*1-2H3. The van der Waals surface area contributed by atoms with Crippen LogP contribution in [-0.2, 0) is 4.74 Å². The van der Waals surface area contributed by atoms with E-state index in [-0.39, 0.29) is 5.90 Å². The van der Waals surface area contributed by atoms with Crippen LogP contribution in [0.2, 0.25) is 0 Å². The number of methoxy groups -OCH3 is 1. The number of ether oxygens (including phenoxy) is 3. The van der Waals surface area contributed by atoms with Crippen LogP contribution in [0.1, 0.15) is 69.2 Å². The predicted molar refractivity (Wildman–Crippen MR) is 219 cm³/mol. The summed E-state index contributed by atoms with van der Waals surface area (Å²) in [7, 11) is 17.3. The minimum absolute atomic E-state index is 0.120. The Hall–Kier alpha value is -4.81. The van der Waals surface area contributed by atoms with Crippen LogP contribution in [0.15, 0.2) is 80.9 Å². The van der Waals surface area contributed by atoms with Crippen molar-refractivity contribution in [1.29, 1.82) is 5.41 Å². The van der Waals surface area contributed by atoms with E-state index in [9.17, 15) is 0 Å². The number of hydrogen-bond acceptors (Lipinski definition) is 10. The van der Waals surface area contributed by atoms with Crippen LogP contribution in [0, 0.1) is 5.41 Å². The number of hydrogen-bond donors (Lipinski definition) is 2. The van der Waals surface area contributed by atoms with Crippen molar-refractivity contribution in [3.05, 3.63) is 66.1 Å². The van der Waals surface area contributed by atoms with Crippen LogP contribution in [0.3, 0.4) is 0 Å². The first-order valence-corrected chi connectivity index (χ1v) is 17.0. The molecule has 0 saturated carbocycles. The zero-order chi connectivity index (χ0) is 39.5. The summed E-state index contributed by atoms with van der Waals surface area (Å²) in [6.45, 7) is 23.1. The van der Waals surface area contributed by atoms with Gasteiger partial charge in [0.2, 0.25) is 0 Å². The van der Waals surface area contributed by atoms with Crippen LogP contribution in [0.5, 0.6) is 11.5 Å². The molecule has 14 heteroatoms. The summed E-state index contributed by atoms with van der Waals surface area (Å²) in [5.41, 5.74) is 10.3. The molecule has 0 spiro atoms. The summed E-state index contributed by atoms with van der Waals surface area (Å²) in [6.07, 6.45) is -0.405. The largest absolute Gasteiger partial charge is 0.466 e. The SMILES string of the molecule is CC.CC.CC.CC.[B]N=Nc1ccc2c(OC(C)=N)c(NN(C)C)ccc2c1.[B]N=Nc1ccc2c(OC(C)OC)c([N-][N+](=C)C)ccc2c1. The van der Waals surface area contributed by atoms with Gasteiger partial charge in [-0.1, -0.05) is 73.6 Å². The molecule has 4 radical (unpaired) electrons. The Labute approximate surface area is 308 Å². The van der Waals surface area contributed by atoms with Gasteiger partial charge in [-0.2, -0.15) is 10.2 Å². The molecule has 0 amide bonds. The Kier molecular flexibility index (Phi) is 26.5. The molecule has 4 rings (SSSR count). The van der Waals surface area contributed by atoms with Crippen molar-refractivity contribution in [2.24, 2.45) is 20.3 Å². The van der Waals surface area contributed by atoms with Crippen LogP contribution in [0.25, 0.3) is 27.0 Å². The lowest BCUT2D eigenvalue weighted by molar-refractivity contribution is -0.428. The minimum atomic E-state index is -0.405. The Bertz CT molecular complexity index is 1670. The van der Waals surface area contributed by atoms with Crippen molar-refractivity contribution in [3.8, 4) is 11.5 Å². The molecule has 0 heterocycles. The van der Waals surface area contributed by atoms with Crippen molar-refractivity contribution in [3.63, 3.8) is 0 Å². The van der Waals surface area contributed by atoms with Crippen LogP contribution < -0.4 is 14.9 Å². The molecule has 4 aromatic carbocycles. The van der Waals surface area contributed by atoms with Crippen molar-refractivity contribution in [2.75, 3.05) is 33.7 Å². The van der Waals surface area contributed by atoms with Gasteiger partial charge in [0.25, 0.3) is 16.0 Å². The van der Waals surface area contributed by atoms with Gasteiger partial charge in [0.05, 0.1) is 17.1 Å². The van der Waals surface area contributed by atoms with E-state index in [1.165, 1.54) is 4.68 Å². The first-order valence-electron chi connectivity index (χ1n) is 17.0. The molecular weight excluding hydrogens is 640 g/mol. The zero-order valence-electron chi connectivity index (χ0n) is 33.1. The predicted octanol–water partition coefficient (Wildman–Crippen LogP) is 11.0. The summed E-state index contributed by atoms with van der Waals surface area (Å²) in [4.78, 5) is 0. The number of fused-ring (bicyclic) bond motifs is 2. The molecule has 12 nitrogen and oxygen atoms in total. The molecule has 2 N–H and O–H groups in total. The summed E-state index contributed by atoms with van der Waals surface area (Å²) in [5.74, 6) is 1.35. The Morgan fingerprint density at radius 1 is 0.824 bits per heavy atom. The first-order chi connectivity index (χ1) is 24.6. The highest BCUT2D eigenvalue weighted by molar-refractivity contribution is 6.05. The number of benzene rings is 4. The number of nitrogens with zero attached hydrogens (tertiary/aromatic N) is 7. The second-order valence-electron chi connectivity index (χ2n) is 9.44. The van der Waals surface area contributed by atoms with Crippen molar-refractivity contribution in [1.82, 2.24) is 5.01 Å². The third-order valence-corrected chi connectivity index (χ3v) is 5.73. The van der Waals surface area contributed by atoms with Crippen molar-refractivity contribution < 1.29 is 18.9 Å². The molecule has 1 atom stereocenters. The van der Waals surface area contributed by atoms with Gasteiger partial charge in [0.15, 0.2) is 17.9 Å². The van der Waals surface area contributed by atoms with Gasteiger partial charge in [0, 0.05) is 38.9 Å². The van der Waals surface area contributed by atoms with Gasteiger partial charge in [0.1, 0.15) is 19.5 Å². The minimum Gasteiger partial charge on any atom is -0.466 e. The molecule has 274 valence electrons. The lowest BCUT2D eigenvalue weighted by Crippen LogP contribution is -2.20. The molecule has 0 fully saturated rings. The highest BCUT2D eigenvalue weighted by atomic mass is 16.7. The molecule has 0 aliphatic rings. The van der Waals surface area contributed by atoms with E-state index in [4.69, 9.17) is 35.6 Å². The molecule has 0 aliphatic heterocycles. The molecule has 0 aromatic heterocycles. The normalized spacial score (nSPS) is 10.5. The summed E-state index contributed by atoms with van der Waals surface area (Å²) in [6, 6.07) is 18.7. The van der Waals surface area contributed by atoms with E-state index >= 15 is 0 Å². The molecule has 1 unspecified atom stereocenters. The molecule has 0 aliphatic carbocycles. The maximum absolute atomic E-state index is 7.58. The monoisotopic (exact) mass is 697 g/mol. The molecular formula is C37H57B2N9O3. The second-order valence-corrected chi connectivity index (χ2v) is 9.44. The molecule has 51 heavy (non-hydrogen) atoms. The fourth-order valence-corrected chi connectivity index (χ4v) is 4.02. The maximum atomic E-state index is 7.58. The third kappa shape index (κ3) is 16.6. The number of nitrogens with one attached hydrogen (secondary N) is 2. The molecule has 0 saturated heterocycles. The van der Waals surface area contributed by atoms with Crippen molar-refractivity contribution in [2.45, 2.75) is 75.5 Å². The van der Waals surface area contributed by atoms with Crippen LogP contribution in [0.4, 0.5) is 22.7 Å². The quantitative estimate of drug-likeness (QED) is 0.0324. The smallest absolute Gasteiger partial charge is 0.293 e. The van der Waals surface area contributed by atoms with Gasteiger partial charge >= 0.3 is 0 Å². The van der Waals surface area contributed by atoms with Crippen LogP contribution >= 0.6 is 0 Å². The lowest BCUT2D eigenvalue weighted by atomic mass is 10.1. The van der Waals surface area contributed by atoms with Gasteiger partial charge < -0.3 is 25.1 Å². The lowest BCUT2D eigenvalue weighted by Gasteiger charge is -2.23. The summed E-state index contributed by atoms with van der Waals surface area (Å²) in [5, 5.41) is 27.3. The van der Waals surface area contributed by atoms with Crippen molar-refractivity contribution >= 4 is 72.9 Å². The fraction of sp³-hybridized carbons (Fsp3) is 0.405. The van der Waals surface area contributed by atoms with E-state index < -0.39 is 6.29 Å². The second kappa shape index (κ2) is 27.9. The fourth-order valence-electron chi connectivity index (χ4n) is 4.02. The van der Waals surface area contributed by atoms with Gasteiger partial charge in [-0.15, -0.1) is 0 Å². The van der Waals surface area contributed by atoms with Gasteiger partial charge in [-0.05, 0) is 65.8 Å². The third-order valence-electron chi connectivity index (χ3n) is 5.73. The highest BCUT2D eigenvalue weighted by Gasteiger charge is 2.12. The molecule has 4 aromatic rings.